The Morgan fingerprint density at radius 3 is 2.33 bits per heavy atom. The van der Waals surface area contributed by atoms with Gasteiger partial charge in [-0.3, -0.25) is 0 Å². The van der Waals surface area contributed by atoms with Crippen LogP contribution < -0.4 is 11.1 Å². The second-order valence-electron chi connectivity index (χ2n) is 6.80. The molecule has 1 aliphatic carbocycles. The molecule has 0 radical (unpaired) electrons. The van der Waals surface area contributed by atoms with E-state index in [1.807, 2.05) is 0 Å². The van der Waals surface area contributed by atoms with Crippen molar-refractivity contribution < 1.29 is 0 Å². The summed E-state index contributed by atoms with van der Waals surface area (Å²) in [6.07, 6.45) is 7.98. The van der Waals surface area contributed by atoms with Crippen molar-refractivity contribution in [1.82, 2.24) is 10.2 Å². The van der Waals surface area contributed by atoms with Crippen molar-refractivity contribution in [3.8, 4) is 0 Å². The van der Waals surface area contributed by atoms with Gasteiger partial charge in [0.15, 0.2) is 0 Å². The van der Waals surface area contributed by atoms with E-state index < -0.39 is 0 Å². The lowest BCUT2D eigenvalue weighted by atomic mass is 9.86. The van der Waals surface area contributed by atoms with E-state index in [0.717, 1.165) is 18.5 Å². The Morgan fingerprint density at radius 1 is 1.22 bits per heavy atom. The minimum Gasteiger partial charge on any atom is -0.329 e. The van der Waals surface area contributed by atoms with Crippen LogP contribution in [0.15, 0.2) is 0 Å². The number of nitrogens with one attached hydrogen (secondary N) is 1. The highest BCUT2D eigenvalue weighted by molar-refractivity contribution is 4.97. The summed E-state index contributed by atoms with van der Waals surface area (Å²) in [5, 5.41) is 3.90. The van der Waals surface area contributed by atoms with E-state index in [2.05, 4.69) is 24.1 Å². The summed E-state index contributed by atoms with van der Waals surface area (Å²) in [4.78, 5) is 2.61. The summed E-state index contributed by atoms with van der Waals surface area (Å²) in [6, 6.07) is 0.741. The molecule has 0 aromatic heterocycles. The zero-order valence-electron chi connectivity index (χ0n) is 12.3. The Bertz CT molecular complexity index is 238. The highest BCUT2D eigenvalue weighted by Crippen LogP contribution is 2.26. The molecule has 0 aromatic rings. The molecule has 2 fully saturated rings. The molecule has 1 aliphatic heterocycles. The molecule has 2 rings (SSSR count). The lowest BCUT2D eigenvalue weighted by molar-refractivity contribution is 0.119. The largest absolute Gasteiger partial charge is 0.329 e. The lowest BCUT2D eigenvalue weighted by Gasteiger charge is -2.44. The summed E-state index contributed by atoms with van der Waals surface area (Å²) in [5.41, 5.74) is 6.32. The average Bonchev–Trinajstić information content (AvgIpc) is 2.84. The lowest BCUT2D eigenvalue weighted by Crippen LogP contribution is -2.60. The standard InChI is InChI=1S/C15H31N3/c1-13(2)11-18-9-7-15(12-16,8-10-18)17-14-5-3-4-6-14/h13-14,17H,3-12,16H2,1-2H3. The predicted molar refractivity (Wildman–Crippen MR) is 77.7 cm³/mol. The van der Waals surface area contributed by atoms with E-state index in [4.69, 9.17) is 5.73 Å². The normalized spacial score (nSPS) is 26.0. The van der Waals surface area contributed by atoms with Gasteiger partial charge in [-0.25, -0.2) is 0 Å². The SMILES string of the molecule is CC(C)CN1CCC(CN)(NC2CCCC2)CC1. The van der Waals surface area contributed by atoms with Crippen LogP contribution in [-0.2, 0) is 0 Å². The van der Waals surface area contributed by atoms with Gasteiger partial charge < -0.3 is 16.0 Å². The third kappa shape index (κ3) is 3.69. The van der Waals surface area contributed by atoms with E-state index in [1.54, 1.807) is 0 Å². The van der Waals surface area contributed by atoms with Crippen molar-refractivity contribution >= 4 is 0 Å². The van der Waals surface area contributed by atoms with E-state index in [-0.39, 0.29) is 5.54 Å². The van der Waals surface area contributed by atoms with Gasteiger partial charge in [-0.2, -0.15) is 0 Å². The van der Waals surface area contributed by atoms with Crippen molar-refractivity contribution in [2.24, 2.45) is 11.7 Å². The molecular formula is C15H31N3. The number of likely N-dealkylation sites (tertiary alicyclic amines) is 1. The zero-order chi connectivity index (χ0) is 13.0. The van der Waals surface area contributed by atoms with E-state index in [1.165, 1.54) is 58.2 Å². The van der Waals surface area contributed by atoms with E-state index >= 15 is 0 Å². The average molecular weight is 253 g/mol. The summed E-state index contributed by atoms with van der Waals surface area (Å²) >= 11 is 0. The summed E-state index contributed by atoms with van der Waals surface area (Å²) in [7, 11) is 0. The van der Waals surface area contributed by atoms with Gasteiger partial charge in [0.1, 0.15) is 0 Å². The minimum absolute atomic E-state index is 0.239. The van der Waals surface area contributed by atoms with Crippen molar-refractivity contribution in [3.05, 3.63) is 0 Å². The van der Waals surface area contributed by atoms with Crippen molar-refractivity contribution in [1.29, 1.82) is 0 Å². The first kappa shape index (κ1) is 14.3. The summed E-state index contributed by atoms with van der Waals surface area (Å²) in [6.45, 7) is 9.09. The molecule has 0 spiro atoms. The van der Waals surface area contributed by atoms with Gasteiger partial charge in [0.05, 0.1) is 0 Å². The third-order valence-electron chi connectivity index (χ3n) is 4.69. The zero-order valence-corrected chi connectivity index (χ0v) is 12.3. The fourth-order valence-corrected chi connectivity index (χ4v) is 3.59. The van der Waals surface area contributed by atoms with Gasteiger partial charge in [0, 0.05) is 24.7 Å². The fourth-order valence-electron chi connectivity index (χ4n) is 3.59. The maximum Gasteiger partial charge on any atom is 0.0330 e. The Morgan fingerprint density at radius 2 is 1.83 bits per heavy atom. The maximum absolute atomic E-state index is 6.08. The maximum atomic E-state index is 6.08. The van der Waals surface area contributed by atoms with Crippen LogP contribution in [0.25, 0.3) is 0 Å². The Labute approximate surface area is 112 Å². The van der Waals surface area contributed by atoms with Crippen molar-refractivity contribution in [2.45, 2.75) is 64.0 Å². The van der Waals surface area contributed by atoms with Gasteiger partial charge in [0.25, 0.3) is 0 Å². The molecule has 0 atom stereocenters. The second kappa shape index (κ2) is 6.36. The molecule has 3 N–H and O–H groups in total. The molecule has 1 heterocycles. The van der Waals surface area contributed by atoms with Gasteiger partial charge in [0.2, 0.25) is 0 Å². The summed E-state index contributed by atoms with van der Waals surface area (Å²) < 4.78 is 0. The number of hydrogen-bond acceptors (Lipinski definition) is 3. The molecule has 0 aromatic carbocycles. The molecule has 0 bridgehead atoms. The van der Waals surface area contributed by atoms with Gasteiger partial charge >= 0.3 is 0 Å². The van der Waals surface area contributed by atoms with Gasteiger partial charge in [-0.05, 0) is 44.7 Å². The number of nitrogens with zero attached hydrogens (tertiary/aromatic N) is 1. The first-order valence-corrected chi connectivity index (χ1v) is 7.84. The molecule has 0 amide bonds. The molecule has 2 aliphatic rings. The Kier molecular flexibility index (Phi) is 5.05. The van der Waals surface area contributed by atoms with E-state index in [0.29, 0.717) is 0 Å². The van der Waals surface area contributed by atoms with Crippen LogP contribution in [0, 0.1) is 5.92 Å². The number of rotatable bonds is 5. The smallest absolute Gasteiger partial charge is 0.0330 e. The van der Waals surface area contributed by atoms with Crippen molar-refractivity contribution in [3.63, 3.8) is 0 Å². The minimum atomic E-state index is 0.239. The fraction of sp³-hybridized carbons (Fsp3) is 1.00. The van der Waals surface area contributed by atoms with Crippen molar-refractivity contribution in [2.75, 3.05) is 26.2 Å². The molecule has 106 valence electrons. The topological polar surface area (TPSA) is 41.3 Å². The van der Waals surface area contributed by atoms with E-state index in [9.17, 15) is 0 Å². The number of nitrogens with two attached hydrogens (primary N) is 1. The molecule has 3 nitrogen and oxygen atoms in total. The Hall–Kier alpha value is -0.120. The predicted octanol–water partition coefficient (Wildman–Crippen LogP) is 1.97. The van der Waals surface area contributed by atoms with Crippen LogP contribution in [0.2, 0.25) is 0 Å². The monoisotopic (exact) mass is 253 g/mol. The molecule has 18 heavy (non-hydrogen) atoms. The number of hydrogen-bond donors (Lipinski definition) is 2. The molecule has 3 heteroatoms. The first-order chi connectivity index (χ1) is 8.63. The summed E-state index contributed by atoms with van der Waals surface area (Å²) in [5.74, 6) is 0.776. The van der Waals surface area contributed by atoms with Crippen LogP contribution in [0.4, 0.5) is 0 Å². The van der Waals surface area contributed by atoms with Crippen LogP contribution in [0.3, 0.4) is 0 Å². The second-order valence-corrected chi connectivity index (χ2v) is 6.80. The van der Waals surface area contributed by atoms with Crippen LogP contribution >= 0.6 is 0 Å². The highest BCUT2D eigenvalue weighted by Gasteiger charge is 2.35. The number of piperidine rings is 1. The Balaban J connectivity index is 1.82. The third-order valence-corrected chi connectivity index (χ3v) is 4.69. The van der Waals surface area contributed by atoms with Crippen LogP contribution in [0.5, 0.6) is 0 Å². The quantitative estimate of drug-likeness (QED) is 0.787. The van der Waals surface area contributed by atoms with Crippen LogP contribution in [-0.4, -0.2) is 42.7 Å². The van der Waals surface area contributed by atoms with Crippen LogP contribution in [0.1, 0.15) is 52.4 Å². The van der Waals surface area contributed by atoms with Gasteiger partial charge in [-0.1, -0.05) is 26.7 Å². The molecule has 1 saturated heterocycles. The van der Waals surface area contributed by atoms with Gasteiger partial charge in [-0.15, -0.1) is 0 Å². The first-order valence-electron chi connectivity index (χ1n) is 7.84. The molecule has 1 saturated carbocycles. The molecule has 0 unspecified atom stereocenters. The molecular weight excluding hydrogens is 222 g/mol. The highest BCUT2D eigenvalue weighted by atomic mass is 15.2.